The Hall–Kier alpha value is -2.50. The summed E-state index contributed by atoms with van der Waals surface area (Å²) < 4.78 is 44.5. The highest BCUT2D eigenvalue weighted by atomic mass is 19.4. The highest BCUT2D eigenvalue weighted by Gasteiger charge is 2.41. The highest BCUT2D eigenvalue weighted by Crippen LogP contribution is 2.48. The normalized spacial score (nSPS) is 24.5. The number of alkyl halides is 3. The lowest BCUT2D eigenvalue weighted by Gasteiger charge is -2.36. The van der Waals surface area contributed by atoms with Gasteiger partial charge in [0.25, 0.3) is 0 Å². The zero-order valence-electron chi connectivity index (χ0n) is 19.7. The van der Waals surface area contributed by atoms with Crippen LogP contribution in [0.4, 0.5) is 18.9 Å². The van der Waals surface area contributed by atoms with Crippen molar-refractivity contribution in [2.75, 3.05) is 11.9 Å². The number of anilines is 1. The molecule has 3 nitrogen and oxygen atoms in total. The molecule has 1 saturated carbocycles. The fourth-order valence-electron chi connectivity index (χ4n) is 5.78. The minimum atomic E-state index is -4.06. The van der Waals surface area contributed by atoms with Crippen molar-refractivity contribution in [3.63, 3.8) is 0 Å². The second kappa shape index (κ2) is 10.8. The van der Waals surface area contributed by atoms with E-state index < -0.39 is 12.6 Å². The molecule has 1 unspecified atom stereocenters. The lowest BCUT2D eigenvalue weighted by Crippen LogP contribution is -2.28. The molecule has 0 bridgehead atoms. The van der Waals surface area contributed by atoms with Crippen molar-refractivity contribution in [3.8, 4) is 5.75 Å². The molecule has 0 radical (unpaired) electrons. The lowest BCUT2D eigenvalue weighted by molar-refractivity contribution is -0.136. The minimum absolute atomic E-state index is 0.0678. The summed E-state index contributed by atoms with van der Waals surface area (Å²) in [5.74, 6) is 1.96. The van der Waals surface area contributed by atoms with Gasteiger partial charge in [0.15, 0.2) is 0 Å². The zero-order chi connectivity index (χ0) is 24.1. The van der Waals surface area contributed by atoms with Crippen molar-refractivity contribution in [3.05, 3.63) is 59.7 Å². The maximum absolute atomic E-state index is 12.6. The van der Waals surface area contributed by atoms with Crippen LogP contribution in [0.2, 0.25) is 0 Å². The Bertz CT molecular complexity index is 974. The molecule has 0 spiro atoms. The van der Waals surface area contributed by atoms with Crippen LogP contribution >= 0.6 is 0 Å². The molecular formula is C28H34F3NO2. The molecule has 1 fully saturated rings. The molecule has 2 aromatic carbocycles. The molecule has 2 aromatic rings. The van der Waals surface area contributed by atoms with Crippen LogP contribution in [-0.2, 0) is 11.2 Å². The van der Waals surface area contributed by atoms with Gasteiger partial charge in [-0.15, -0.1) is 0 Å². The minimum Gasteiger partial charge on any atom is -0.485 e. The van der Waals surface area contributed by atoms with Gasteiger partial charge in [0.05, 0.1) is 6.54 Å². The number of halogens is 3. The van der Waals surface area contributed by atoms with Gasteiger partial charge in [0.2, 0.25) is 0 Å². The van der Waals surface area contributed by atoms with Gasteiger partial charge >= 0.3 is 6.18 Å². The molecular weight excluding hydrogens is 439 g/mol. The monoisotopic (exact) mass is 473 g/mol. The van der Waals surface area contributed by atoms with Gasteiger partial charge in [0, 0.05) is 24.1 Å². The number of Topliss-reactive ketones (excluding diaryl/α,β-unsaturated/α-hetero) is 1. The van der Waals surface area contributed by atoms with Gasteiger partial charge in [-0.25, -0.2) is 0 Å². The van der Waals surface area contributed by atoms with E-state index in [4.69, 9.17) is 4.74 Å². The molecule has 0 aromatic heterocycles. The van der Waals surface area contributed by atoms with E-state index in [1.807, 2.05) is 30.3 Å². The molecule has 6 heteroatoms. The van der Waals surface area contributed by atoms with Crippen molar-refractivity contribution in [2.24, 2.45) is 17.8 Å². The van der Waals surface area contributed by atoms with Crippen molar-refractivity contribution in [2.45, 2.75) is 70.6 Å². The third-order valence-electron chi connectivity index (χ3n) is 7.35. The molecule has 4 rings (SSSR count). The molecule has 4 atom stereocenters. The molecule has 0 aliphatic heterocycles. The van der Waals surface area contributed by atoms with Crippen LogP contribution in [0.25, 0.3) is 0 Å². The zero-order valence-corrected chi connectivity index (χ0v) is 19.7. The Labute approximate surface area is 200 Å². The fraction of sp³-hybridized carbons (Fsp3) is 0.536. The Kier molecular flexibility index (Phi) is 7.84. The van der Waals surface area contributed by atoms with E-state index in [0.29, 0.717) is 24.2 Å². The molecule has 0 saturated heterocycles. The summed E-state index contributed by atoms with van der Waals surface area (Å²) in [4.78, 5) is 11.3. The maximum Gasteiger partial charge on any atom is 0.389 e. The predicted molar refractivity (Wildman–Crippen MR) is 128 cm³/mol. The average Bonchev–Trinajstić information content (AvgIpc) is 3.16. The third kappa shape index (κ3) is 6.55. The quantitative estimate of drug-likeness (QED) is 0.409. The maximum atomic E-state index is 12.6. The van der Waals surface area contributed by atoms with E-state index in [-0.39, 0.29) is 24.9 Å². The molecule has 2 aliphatic rings. The van der Waals surface area contributed by atoms with E-state index in [2.05, 4.69) is 23.5 Å². The number of carbonyl (C=O) groups is 1. The van der Waals surface area contributed by atoms with E-state index in [0.717, 1.165) is 43.5 Å². The smallest absolute Gasteiger partial charge is 0.389 e. The van der Waals surface area contributed by atoms with Crippen LogP contribution in [0.5, 0.6) is 5.75 Å². The van der Waals surface area contributed by atoms with Gasteiger partial charge < -0.3 is 10.1 Å². The van der Waals surface area contributed by atoms with Gasteiger partial charge in [-0.05, 0) is 61.3 Å². The van der Waals surface area contributed by atoms with Crippen LogP contribution in [0, 0.1) is 17.8 Å². The van der Waals surface area contributed by atoms with Gasteiger partial charge in [0.1, 0.15) is 17.6 Å². The number of ether oxygens (including phenoxy) is 1. The van der Waals surface area contributed by atoms with Crippen molar-refractivity contribution >= 4 is 11.5 Å². The van der Waals surface area contributed by atoms with E-state index in [9.17, 15) is 18.0 Å². The lowest BCUT2D eigenvalue weighted by atomic mass is 9.72. The largest absolute Gasteiger partial charge is 0.485 e. The SMILES string of the molecule is CC(=O)CNc1cccc(O[C@H]2c3ccccc3C[C@@H]2C2CCC[C@@H](CCCC(F)(F)F)C2)c1. The number of hydrogen-bond acceptors (Lipinski definition) is 3. The number of nitrogens with one attached hydrogen (secondary N) is 1. The first-order chi connectivity index (χ1) is 16.3. The Morgan fingerprint density at radius 3 is 2.74 bits per heavy atom. The van der Waals surface area contributed by atoms with E-state index in [1.165, 1.54) is 11.1 Å². The van der Waals surface area contributed by atoms with Crippen LogP contribution in [0.3, 0.4) is 0 Å². The summed E-state index contributed by atoms with van der Waals surface area (Å²) in [5, 5.41) is 3.13. The number of ketones is 1. The van der Waals surface area contributed by atoms with Crippen LogP contribution in [0.1, 0.15) is 69.1 Å². The summed E-state index contributed by atoms with van der Waals surface area (Å²) in [6.07, 6.45) is 1.22. The number of hydrogen-bond donors (Lipinski definition) is 1. The molecule has 0 heterocycles. The van der Waals surface area contributed by atoms with Crippen molar-refractivity contribution < 1.29 is 22.7 Å². The topological polar surface area (TPSA) is 38.3 Å². The summed E-state index contributed by atoms with van der Waals surface area (Å²) in [5.41, 5.74) is 3.37. The Morgan fingerprint density at radius 1 is 1.12 bits per heavy atom. The number of carbonyl (C=O) groups excluding carboxylic acids is 1. The number of fused-ring (bicyclic) bond motifs is 1. The Morgan fingerprint density at radius 2 is 1.94 bits per heavy atom. The molecule has 2 aliphatic carbocycles. The first-order valence-corrected chi connectivity index (χ1v) is 12.4. The fourth-order valence-corrected chi connectivity index (χ4v) is 5.78. The van der Waals surface area contributed by atoms with E-state index in [1.54, 1.807) is 6.92 Å². The second-order valence-corrected chi connectivity index (χ2v) is 9.99. The van der Waals surface area contributed by atoms with Gasteiger partial charge in [-0.1, -0.05) is 56.0 Å². The second-order valence-electron chi connectivity index (χ2n) is 9.99. The van der Waals surface area contributed by atoms with Crippen LogP contribution in [0.15, 0.2) is 48.5 Å². The average molecular weight is 474 g/mol. The predicted octanol–water partition coefficient (Wildman–Crippen LogP) is 7.52. The first kappa shape index (κ1) is 24.6. The van der Waals surface area contributed by atoms with Crippen LogP contribution in [-0.4, -0.2) is 18.5 Å². The molecule has 184 valence electrons. The van der Waals surface area contributed by atoms with E-state index >= 15 is 0 Å². The molecule has 1 N–H and O–H groups in total. The Balaban J connectivity index is 1.46. The number of rotatable bonds is 9. The summed E-state index contributed by atoms with van der Waals surface area (Å²) in [6, 6.07) is 16.1. The van der Waals surface area contributed by atoms with Crippen molar-refractivity contribution in [1.82, 2.24) is 0 Å². The van der Waals surface area contributed by atoms with Crippen molar-refractivity contribution in [1.29, 1.82) is 0 Å². The van der Waals surface area contributed by atoms with Crippen LogP contribution < -0.4 is 10.1 Å². The highest BCUT2D eigenvalue weighted by molar-refractivity contribution is 5.80. The third-order valence-corrected chi connectivity index (χ3v) is 7.35. The van der Waals surface area contributed by atoms with Gasteiger partial charge in [-0.2, -0.15) is 13.2 Å². The standard InChI is InChI=1S/C28H34F3NO2/c1-19(33)18-32-23-11-5-12-24(17-23)34-27-25-13-3-2-9-22(25)16-26(27)21-10-4-7-20(15-21)8-6-14-28(29,30)31/h2-3,5,9,11-13,17,20-21,26-27,32H,4,6-8,10,14-16,18H2,1H3/t20-,21?,26+,27-/m0/s1. The summed E-state index contributed by atoms with van der Waals surface area (Å²) in [7, 11) is 0. The molecule has 34 heavy (non-hydrogen) atoms. The first-order valence-electron chi connectivity index (χ1n) is 12.4. The summed E-state index contributed by atoms with van der Waals surface area (Å²) >= 11 is 0. The molecule has 0 amide bonds. The van der Waals surface area contributed by atoms with Gasteiger partial charge in [-0.3, -0.25) is 4.79 Å². The summed E-state index contributed by atoms with van der Waals surface area (Å²) in [6.45, 7) is 1.82. The number of benzene rings is 2.